The first-order valence-electron chi connectivity index (χ1n) is 6.48. The fraction of sp³-hybridized carbons (Fsp3) is 0.357. The van der Waals surface area contributed by atoms with Gasteiger partial charge in [0.2, 0.25) is 0 Å². The first-order chi connectivity index (χ1) is 10.0. The first-order valence-corrected chi connectivity index (χ1v) is 7.94. The maximum atomic E-state index is 12.4. The van der Waals surface area contributed by atoms with Crippen molar-refractivity contribution in [2.24, 2.45) is 0 Å². The van der Waals surface area contributed by atoms with E-state index in [2.05, 4.69) is 4.74 Å². The molecule has 0 bridgehead atoms. The van der Waals surface area contributed by atoms with E-state index in [0.29, 0.717) is 5.56 Å². The molecule has 0 aliphatic heterocycles. The van der Waals surface area contributed by atoms with Crippen LogP contribution in [0.3, 0.4) is 0 Å². The zero-order valence-electron chi connectivity index (χ0n) is 12.3. The molecule has 0 saturated heterocycles. The standard InChI is InChI=1S/C14H19O6P/c1-4-18-21(16,19-5-2)20-13(11-14(15)17-3)12-9-7-6-8-10-12/h6-11H,4-5H2,1-3H3/b13-11+. The molecule has 0 spiro atoms. The maximum absolute atomic E-state index is 12.4. The second-order valence-corrected chi connectivity index (χ2v) is 5.37. The summed E-state index contributed by atoms with van der Waals surface area (Å²) in [7, 11) is -2.54. The van der Waals surface area contributed by atoms with Crippen molar-refractivity contribution in [3.8, 4) is 0 Å². The van der Waals surface area contributed by atoms with Crippen LogP contribution in [0, 0.1) is 0 Å². The van der Waals surface area contributed by atoms with Crippen molar-refractivity contribution in [3.63, 3.8) is 0 Å². The SMILES string of the molecule is CCOP(=O)(OCC)O/C(=C/C(=O)OC)c1ccccc1. The summed E-state index contributed by atoms with van der Waals surface area (Å²) in [6.45, 7) is 3.64. The lowest BCUT2D eigenvalue weighted by Gasteiger charge is -2.19. The second kappa shape index (κ2) is 8.62. The molecule has 1 aromatic rings. The molecule has 0 unspecified atom stereocenters. The van der Waals surface area contributed by atoms with E-state index in [4.69, 9.17) is 13.6 Å². The highest BCUT2D eigenvalue weighted by Gasteiger charge is 2.29. The Balaban J connectivity index is 3.10. The Kier molecular flexibility index (Phi) is 7.15. The van der Waals surface area contributed by atoms with Crippen LogP contribution in [0.25, 0.3) is 5.76 Å². The maximum Gasteiger partial charge on any atom is 0.530 e. The van der Waals surface area contributed by atoms with Crippen LogP contribution in [0.15, 0.2) is 36.4 Å². The van der Waals surface area contributed by atoms with Crippen LogP contribution in [0.4, 0.5) is 0 Å². The Labute approximate surface area is 124 Å². The highest BCUT2D eigenvalue weighted by molar-refractivity contribution is 7.48. The van der Waals surface area contributed by atoms with Crippen LogP contribution in [0.2, 0.25) is 0 Å². The summed E-state index contributed by atoms with van der Waals surface area (Å²) in [6.07, 6.45) is 1.10. The molecule has 116 valence electrons. The van der Waals surface area contributed by atoms with Crippen molar-refractivity contribution in [2.75, 3.05) is 20.3 Å². The lowest BCUT2D eigenvalue weighted by molar-refractivity contribution is -0.134. The van der Waals surface area contributed by atoms with Crippen molar-refractivity contribution >= 4 is 19.6 Å². The first kappa shape index (κ1) is 17.4. The van der Waals surface area contributed by atoms with Gasteiger partial charge in [0.05, 0.1) is 26.4 Å². The molecule has 0 aliphatic carbocycles. The molecule has 1 rings (SSSR count). The zero-order chi connectivity index (χ0) is 15.7. The van der Waals surface area contributed by atoms with E-state index in [9.17, 15) is 9.36 Å². The molecule has 0 saturated carbocycles. The molecule has 0 atom stereocenters. The summed E-state index contributed by atoms with van der Waals surface area (Å²) >= 11 is 0. The van der Waals surface area contributed by atoms with Gasteiger partial charge >= 0.3 is 13.8 Å². The largest absolute Gasteiger partial charge is 0.530 e. The van der Waals surface area contributed by atoms with Crippen molar-refractivity contribution in [3.05, 3.63) is 42.0 Å². The minimum atomic E-state index is -3.78. The normalized spacial score (nSPS) is 12.0. The number of hydrogen-bond donors (Lipinski definition) is 0. The molecule has 0 amide bonds. The quantitative estimate of drug-likeness (QED) is 0.317. The van der Waals surface area contributed by atoms with E-state index in [0.717, 1.165) is 6.08 Å². The highest BCUT2D eigenvalue weighted by atomic mass is 31.2. The van der Waals surface area contributed by atoms with Gasteiger partial charge < -0.3 is 9.26 Å². The topological polar surface area (TPSA) is 71.1 Å². The number of phosphoric acid groups is 1. The number of benzene rings is 1. The molecule has 7 heteroatoms. The highest BCUT2D eigenvalue weighted by Crippen LogP contribution is 2.52. The lowest BCUT2D eigenvalue weighted by Crippen LogP contribution is -2.03. The van der Waals surface area contributed by atoms with E-state index in [1.54, 1.807) is 38.1 Å². The van der Waals surface area contributed by atoms with Gasteiger partial charge in [-0.15, -0.1) is 0 Å². The summed E-state index contributed by atoms with van der Waals surface area (Å²) in [5.41, 5.74) is 0.558. The summed E-state index contributed by atoms with van der Waals surface area (Å²) in [4.78, 5) is 11.4. The predicted molar refractivity (Wildman–Crippen MR) is 78.4 cm³/mol. The van der Waals surface area contributed by atoms with Crippen LogP contribution >= 0.6 is 7.82 Å². The molecular formula is C14H19O6P. The van der Waals surface area contributed by atoms with Gasteiger partial charge in [-0.2, -0.15) is 0 Å². The minimum Gasteiger partial charge on any atom is -0.466 e. The fourth-order valence-electron chi connectivity index (χ4n) is 1.46. The van der Waals surface area contributed by atoms with Crippen molar-refractivity contribution in [1.29, 1.82) is 0 Å². The van der Waals surface area contributed by atoms with Crippen molar-refractivity contribution in [1.82, 2.24) is 0 Å². The predicted octanol–water partition coefficient (Wildman–Crippen LogP) is 3.40. The van der Waals surface area contributed by atoms with E-state index in [1.807, 2.05) is 6.07 Å². The monoisotopic (exact) mass is 314 g/mol. The van der Waals surface area contributed by atoms with Crippen LogP contribution in [0.1, 0.15) is 19.4 Å². The number of ether oxygens (including phenoxy) is 1. The van der Waals surface area contributed by atoms with Crippen molar-refractivity contribution < 1.29 is 27.7 Å². The third-order valence-electron chi connectivity index (χ3n) is 2.29. The molecular weight excluding hydrogens is 295 g/mol. The molecule has 0 N–H and O–H groups in total. The van der Waals surface area contributed by atoms with Crippen LogP contribution in [0.5, 0.6) is 0 Å². The summed E-state index contributed by atoms with van der Waals surface area (Å²) in [5, 5.41) is 0. The zero-order valence-corrected chi connectivity index (χ0v) is 13.2. The number of hydrogen-bond acceptors (Lipinski definition) is 6. The number of esters is 1. The molecule has 6 nitrogen and oxygen atoms in total. The Morgan fingerprint density at radius 1 is 1.14 bits per heavy atom. The Bertz CT molecular complexity index is 516. The van der Waals surface area contributed by atoms with E-state index >= 15 is 0 Å². The van der Waals surface area contributed by atoms with Gasteiger partial charge in [-0.1, -0.05) is 30.3 Å². The van der Waals surface area contributed by atoms with Gasteiger partial charge in [0.1, 0.15) is 5.76 Å². The van der Waals surface area contributed by atoms with Crippen molar-refractivity contribution in [2.45, 2.75) is 13.8 Å². The van der Waals surface area contributed by atoms with Gasteiger partial charge in [-0.25, -0.2) is 9.36 Å². The second-order valence-electron chi connectivity index (χ2n) is 3.77. The Morgan fingerprint density at radius 3 is 2.19 bits per heavy atom. The van der Waals surface area contributed by atoms with Gasteiger partial charge in [0, 0.05) is 5.56 Å². The summed E-state index contributed by atoms with van der Waals surface area (Å²) in [5.74, 6) is -0.568. The van der Waals surface area contributed by atoms with Crippen LogP contribution in [-0.4, -0.2) is 26.3 Å². The van der Waals surface area contributed by atoms with Gasteiger partial charge in [0.25, 0.3) is 0 Å². The summed E-state index contributed by atoms with van der Waals surface area (Å²) in [6, 6.07) is 8.74. The van der Waals surface area contributed by atoms with Crippen LogP contribution < -0.4 is 0 Å². The third-order valence-corrected chi connectivity index (χ3v) is 3.86. The van der Waals surface area contributed by atoms with E-state index in [1.165, 1.54) is 7.11 Å². The Morgan fingerprint density at radius 2 is 1.71 bits per heavy atom. The lowest BCUT2D eigenvalue weighted by atomic mass is 10.2. The average molecular weight is 314 g/mol. The Hall–Kier alpha value is -1.62. The smallest absolute Gasteiger partial charge is 0.466 e. The average Bonchev–Trinajstić information content (AvgIpc) is 2.47. The molecule has 0 heterocycles. The molecule has 21 heavy (non-hydrogen) atoms. The molecule has 0 aromatic heterocycles. The number of phosphoric ester groups is 1. The fourth-order valence-corrected chi connectivity index (χ4v) is 2.67. The number of carbonyl (C=O) groups is 1. The van der Waals surface area contributed by atoms with Crippen LogP contribution in [-0.2, 0) is 27.7 Å². The molecule has 0 radical (unpaired) electrons. The number of rotatable bonds is 8. The van der Waals surface area contributed by atoms with E-state index in [-0.39, 0.29) is 19.0 Å². The minimum absolute atomic E-state index is 0.0627. The van der Waals surface area contributed by atoms with Gasteiger partial charge in [-0.3, -0.25) is 9.05 Å². The summed E-state index contributed by atoms with van der Waals surface area (Å²) < 4.78 is 32.4. The third kappa shape index (κ3) is 5.71. The molecule has 0 aliphatic rings. The molecule has 0 fully saturated rings. The van der Waals surface area contributed by atoms with Gasteiger partial charge in [0.15, 0.2) is 0 Å². The number of carbonyl (C=O) groups excluding carboxylic acids is 1. The van der Waals surface area contributed by atoms with E-state index < -0.39 is 13.8 Å². The van der Waals surface area contributed by atoms with Gasteiger partial charge in [-0.05, 0) is 13.8 Å². The molecule has 1 aromatic carbocycles. The number of methoxy groups -OCH3 is 1.